The quantitative estimate of drug-likeness (QED) is 0.723. The highest BCUT2D eigenvalue weighted by Gasteiger charge is 2.35. The van der Waals surface area contributed by atoms with E-state index in [1.807, 2.05) is 6.92 Å². The summed E-state index contributed by atoms with van der Waals surface area (Å²) in [7, 11) is -3.48. The van der Waals surface area contributed by atoms with Crippen LogP contribution in [0.3, 0.4) is 0 Å². The second-order valence-corrected chi connectivity index (χ2v) is 9.46. The van der Waals surface area contributed by atoms with Crippen LogP contribution >= 0.6 is 0 Å². The molecule has 4 rings (SSSR count). The van der Waals surface area contributed by atoms with Crippen LogP contribution in [0.1, 0.15) is 24.6 Å². The summed E-state index contributed by atoms with van der Waals surface area (Å²) in [6.45, 7) is 9.97. The topological polar surface area (TPSA) is 88.7 Å². The number of hydrogen-bond donors (Lipinski definition) is 1. The summed E-state index contributed by atoms with van der Waals surface area (Å²) in [6.07, 6.45) is 1.20. The van der Waals surface area contributed by atoms with Crippen molar-refractivity contribution in [3.8, 4) is 0 Å². The van der Waals surface area contributed by atoms with Gasteiger partial charge in [-0.3, -0.25) is 4.68 Å². The first-order valence-electron chi connectivity index (χ1n) is 9.32. The minimum atomic E-state index is -3.48. The number of halogens is 1. The highest BCUT2D eigenvalue weighted by molar-refractivity contribution is 7.91. The summed E-state index contributed by atoms with van der Waals surface area (Å²) < 4.78 is 40.8. The lowest BCUT2D eigenvalue weighted by atomic mass is 10.1. The molecule has 0 aliphatic carbocycles. The molecule has 2 aliphatic heterocycles. The molecule has 0 spiro atoms. The minimum Gasteiger partial charge on any atom is -0.320 e. The summed E-state index contributed by atoms with van der Waals surface area (Å²) in [5, 5.41) is 7.38. The number of aromatic nitrogens is 2. The van der Waals surface area contributed by atoms with E-state index in [9.17, 15) is 17.6 Å². The number of carbonyl (C=O) groups excluding carboxylic acids is 1. The van der Waals surface area contributed by atoms with Gasteiger partial charge in [0.1, 0.15) is 5.82 Å². The second kappa shape index (κ2) is 7.15. The third-order valence-corrected chi connectivity index (χ3v) is 7.34. The van der Waals surface area contributed by atoms with Gasteiger partial charge in [-0.15, -0.1) is 0 Å². The molecule has 1 unspecified atom stereocenters. The van der Waals surface area contributed by atoms with Crippen molar-refractivity contribution in [1.82, 2.24) is 14.7 Å². The molecule has 3 heterocycles. The second-order valence-electron chi connectivity index (χ2n) is 7.51. The summed E-state index contributed by atoms with van der Waals surface area (Å²) in [5.41, 5.74) is 1.44. The molecule has 29 heavy (non-hydrogen) atoms. The van der Waals surface area contributed by atoms with Crippen LogP contribution < -0.4 is 5.32 Å². The lowest BCUT2D eigenvalue weighted by Gasteiger charge is -2.27. The Morgan fingerprint density at radius 1 is 1.38 bits per heavy atom. The molecule has 1 N–H and O–H groups in total. The number of nitrogens with one attached hydrogen (secondary N) is 1. The van der Waals surface area contributed by atoms with E-state index in [0.717, 1.165) is 18.2 Å². The molecule has 0 saturated heterocycles. The standard InChI is InChI=1S/C19H20FN5O3S/c1-12-5-8-25-18(29(27,28)11-12)14-10-24(7-6-16(14)23-25)19(26)22-13-3-4-15(20)17(9-13)21-2/h3-4,9,12H,5-8,10-11H2,1H3,(H,22,26). The molecule has 1 aromatic carbocycles. The van der Waals surface area contributed by atoms with Crippen molar-refractivity contribution in [3.05, 3.63) is 46.7 Å². The van der Waals surface area contributed by atoms with Crippen molar-refractivity contribution >= 4 is 27.2 Å². The van der Waals surface area contributed by atoms with Gasteiger partial charge in [0.05, 0.1) is 24.6 Å². The fourth-order valence-corrected chi connectivity index (χ4v) is 5.92. The van der Waals surface area contributed by atoms with E-state index in [0.29, 0.717) is 30.8 Å². The molecule has 10 heteroatoms. The van der Waals surface area contributed by atoms with Gasteiger partial charge in [0, 0.05) is 30.8 Å². The highest BCUT2D eigenvalue weighted by Crippen LogP contribution is 2.31. The smallest absolute Gasteiger partial charge is 0.320 e. The first-order chi connectivity index (χ1) is 13.8. The van der Waals surface area contributed by atoms with Crippen LogP contribution in [0.5, 0.6) is 0 Å². The number of sulfone groups is 1. The first kappa shape index (κ1) is 19.4. The van der Waals surface area contributed by atoms with Crippen LogP contribution in [-0.2, 0) is 29.3 Å². The molecule has 0 bridgehead atoms. The zero-order chi connectivity index (χ0) is 20.8. The Morgan fingerprint density at radius 2 is 2.17 bits per heavy atom. The molecule has 2 amide bonds. The summed E-state index contributed by atoms with van der Waals surface area (Å²) in [5.74, 6) is -0.523. The van der Waals surface area contributed by atoms with Gasteiger partial charge in [-0.1, -0.05) is 6.92 Å². The van der Waals surface area contributed by atoms with Crippen molar-refractivity contribution in [3.63, 3.8) is 0 Å². The molecule has 8 nitrogen and oxygen atoms in total. The Kier molecular flexibility index (Phi) is 4.78. The van der Waals surface area contributed by atoms with Crippen molar-refractivity contribution < 1.29 is 17.6 Å². The zero-order valence-corrected chi connectivity index (χ0v) is 16.7. The molecule has 1 aromatic heterocycles. The summed E-state index contributed by atoms with van der Waals surface area (Å²) in [6, 6.07) is 3.35. The van der Waals surface area contributed by atoms with E-state index < -0.39 is 21.7 Å². The Balaban J connectivity index is 1.59. The van der Waals surface area contributed by atoms with Crippen LogP contribution in [0.2, 0.25) is 0 Å². The van der Waals surface area contributed by atoms with Crippen LogP contribution in [0.15, 0.2) is 23.2 Å². The number of hydrogen-bond acceptors (Lipinski definition) is 4. The number of amides is 2. The zero-order valence-electron chi connectivity index (χ0n) is 15.9. The summed E-state index contributed by atoms with van der Waals surface area (Å²) >= 11 is 0. The number of anilines is 1. The SMILES string of the molecule is [C-]#[N+]c1cc(NC(=O)N2CCc3nn4c(c3C2)S(=O)(=O)CC(C)CC4)ccc1F. The molecule has 152 valence electrons. The summed E-state index contributed by atoms with van der Waals surface area (Å²) in [4.78, 5) is 17.3. The lowest BCUT2D eigenvalue weighted by molar-refractivity contribution is 0.205. The van der Waals surface area contributed by atoms with Crippen LogP contribution in [0.25, 0.3) is 4.85 Å². The number of carbonyl (C=O) groups is 1. The van der Waals surface area contributed by atoms with Gasteiger partial charge in [0.15, 0.2) is 14.9 Å². The molecule has 0 saturated carbocycles. The van der Waals surface area contributed by atoms with Gasteiger partial charge >= 0.3 is 6.03 Å². The molecular formula is C19H20FN5O3S. The van der Waals surface area contributed by atoms with E-state index >= 15 is 0 Å². The number of aryl methyl sites for hydroxylation is 1. The van der Waals surface area contributed by atoms with Gasteiger partial charge in [-0.25, -0.2) is 22.4 Å². The molecule has 1 atom stereocenters. The van der Waals surface area contributed by atoms with Crippen molar-refractivity contribution in [2.75, 3.05) is 17.6 Å². The molecule has 2 aliphatic rings. The largest absolute Gasteiger partial charge is 0.322 e. The van der Waals surface area contributed by atoms with Gasteiger partial charge < -0.3 is 10.2 Å². The average molecular weight is 417 g/mol. The number of urea groups is 1. The van der Waals surface area contributed by atoms with Crippen molar-refractivity contribution in [1.29, 1.82) is 0 Å². The number of benzene rings is 1. The molecular weight excluding hydrogens is 397 g/mol. The van der Waals surface area contributed by atoms with Gasteiger partial charge in [-0.05, 0) is 30.5 Å². The number of nitrogens with zero attached hydrogens (tertiary/aromatic N) is 4. The monoisotopic (exact) mass is 417 g/mol. The number of fused-ring (bicyclic) bond motifs is 3. The Morgan fingerprint density at radius 3 is 2.93 bits per heavy atom. The third kappa shape index (κ3) is 3.58. The predicted octanol–water partition coefficient (Wildman–Crippen LogP) is 2.98. The third-order valence-electron chi connectivity index (χ3n) is 5.29. The minimum absolute atomic E-state index is 0.0514. The van der Waals surface area contributed by atoms with Gasteiger partial charge in [0.2, 0.25) is 5.69 Å². The van der Waals surface area contributed by atoms with E-state index in [-0.39, 0.29) is 28.9 Å². The molecule has 0 fully saturated rings. The Hall–Kier alpha value is -2.93. The van der Waals surface area contributed by atoms with Crippen molar-refractivity contribution in [2.45, 2.75) is 37.9 Å². The molecule has 0 radical (unpaired) electrons. The normalized spacial score (nSPS) is 20.2. The van der Waals surface area contributed by atoms with E-state index in [4.69, 9.17) is 6.57 Å². The van der Waals surface area contributed by atoms with Gasteiger partial charge in [-0.2, -0.15) is 5.10 Å². The van der Waals surface area contributed by atoms with E-state index in [1.54, 1.807) is 4.68 Å². The molecule has 2 aromatic rings. The van der Waals surface area contributed by atoms with Gasteiger partial charge in [0.25, 0.3) is 0 Å². The fraction of sp³-hybridized carbons (Fsp3) is 0.421. The van der Waals surface area contributed by atoms with Crippen LogP contribution in [0, 0.1) is 18.3 Å². The van der Waals surface area contributed by atoms with Crippen molar-refractivity contribution in [2.24, 2.45) is 5.92 Å². The average Bonchev–Trinajstić information content (AvgIpc) is 3.00. The Labute approximate surface area is 168 Å². The van der Waals surface area contributed by atoms with Crippen LogP contribution in [-0.4, -0.2) is 41.4 Å². The highest BCUT2D eigenvalue weighted by atomic mass is 32.2. The predicted molar refractivity (Wildman–Crippen MR) is 104 cm³/mol. The maximum atomic E-state index is 13.5. The maximum absolute atomic E-state index is 13.5. The fourth-order valence-electron chi connectivity index (χ4n) is 3.83. The maximum Gasteiger partial charge on any atom is 0.322 e. The first-order valence-corrected chi connectivity index (χ1v) is 11.0. The lowest BCUT2D eigenvalue weighted by Crippen LogP contribution is -2.39. The van der Waals surface area contributed by atoms with E-state index in [1.165, 1.54) is 17.0 Å². The van der Waals surface area contributed by atoms with Crippen LogP contribution in [0.4, 0.5) is 20.6 Å². The van der Waals surface area contributed by atoms with E-state index in [2.05, 4.69) is 15.3 Å². The number of rotatable bonds is 1. The Bertz CT molecular complexity index is 1140.